The summed E-state index contributed by atoms with van der Waals surface area (Å²) in [7, 11) is 0. The third-order valence-corrected chi connectivity index (χ3v) is 5.41. The van der Waals surface area contributed by atoms with Gasteiger partial charge in [0.25, 0.3) is 5.91 Å². The number of hydrogen-bond acceptors (Lipinski definition) is 4. The summed E-state index contributed by atoms with van der Waals surface area (Å²) < 4.78 is 11.7. The minimum atomic E-state index is -0.323. The normalized spacial score (nSPS) is 10.4. The third-order valence-electron chi connectivity index (χ3n) is 5.21. The Bertz CT molecular complexity index is 1060. The van der Waals surface area contributed by atoms with Gasteiger partial charge in [0.05, 0.1) is 18.8 Å². The molecule has 0 aliphatic rings. The van der Waals surface area contributed by atoms with Crippen molar-refractivity contribution in [1.82, 2.24) is 5.32 Å². The van der Waals surface area contributed by atoms with Crippen molar-refractivity contribution in [1.29, 1.82) is 0 Å². The summed E-state index contributed by atoms with van der Waals surface area (Å²) in [4.78, 5) is 12.9. The van der Waals surface area contributed by atoms with Crippen LogP contribution in [0.5, 0.6) is 11.5 Å². The molecule has 3 aromatic carbocycles. The van der Waals surface area contributed by atoms with E-state index in [9.17, 15) is 4.79 Å². The molecule has 0 spiro atoms. The first-order valence-corrected chi connectivity index (χ1v) is 12.2. The standard InChI is InChI=1S/C28H32N2O3S/c1-2-3-4-10-19-32-24-15-11-14-23(21-24)29-28(34)30-27(31)25-16-8-9-17-26(25)33-20-18-22-12-6-5-7-13-22/h5-9,11-17,21H,2-4,10,18-20H2,1H3,(H2,29,30,31,34). The lowest BCUT2D eigenvalue weighted by molar-refractivity contribution is 0.0974. The SMILES string of the molecule is CCCCCCOc1cccc(NC(=S)NC(=O)c2ccccc2OCCc2ccccc2)c1. The van der Waals surface area contributed by atoms with Crippen molar-refractivity contribution in [3.63, 3.8) is 0 Å². The third kappa shape index (κ3) is 8.52. The molecule has 0 saturated heterocycles. The number of anilines is 1. The Morgan fingerprint density at radius 3 is 2.47 bits per heavy atom. The highest BCUT2D eigenvalue weighted by molar-refractivity contribution is 7.80. The van der Waals surface area contributed by atoms with Gasteiger partial charge in [-0.1, -0.05) is 74.7 Å². The largest absolute Gasteiger partial charge is 0.494 e. The van der Waals surface area contributed by atoms with E-state index in [0.717, 1.165) is 24.3 Å². The van der Waals surface area contributed by atoms with Crippen LogP contribution < -0.4 is 20.1 Å². The highest BCUT2D eigenvalue weighted by Crippen LogP contribution is 2.20. The molecule has 178 valence electrons. The van der Waals surface area contributed by atoms with E-state index in [1.54, 1.807) is 18.2 Å². The number of thiocarbonyl (C=S) groups is 1. The van der Waals surface area contributed by atoms with Crippen LogP contribution in [0.1, 0.15) is 48.5 Å². The van der Waals surface area contributed by atoms with Crippen molar-refractivity contribution in [2.24, 2.45) is 0 Å². The molecule has 0 aliphatic carbocycles. The Hall–Kier alpha value is -3.38. The van der Waals surface area contributed by atoms with Gasteiger partial charge in [0.2, 0.25) is 0 Å². The van der Waals surface area contributed by atoms with E-state index in [1.807, 2.05) is 48.5 Å². The summed E-state index contributed by atoms with van der Waals surface area (Å²) in [5.41, 5.74) is 2.37. The van der Waals surface area contributed by atoms with Gasteiger partial charge >= 0.3 is 0 Å². The van der Waals surface area contributed by atoms with E-state index < -0.39 is 0 Å². The Labute approximate surface area is 207 Å². The summed E-state index contributed by atoms with van der Waals surface area (Å²) in [5, 5.41) is 6.01. The average Bonchev–Trinajstić information content (AvgIpc) is 2.85. The molecule has 3 rings (SSSR count). The molecule has 0 bridgehead atoms. The number of nitrogens with one attached hydrogen (secondary N) is 2. The summed E-state index contributed by atoms with van der Waals surface area (Å²) in [6, 6.07) is 24.8. The van der Waals surface area contributed by atoms with Crippen molar-refractivity contribution in [2.75, 3.05) is 18.5 Å². The van der Waals surface area contributed by atoms with Gasteiger partial charge in [-0.05, 0) is 48.5 Å². The fourth-order valence-electron chi connectivity index (χ4n) is 3.42. The highest BCUT2D eigenvalue weighted by atomic mass is 32.1. The molecule has 0 aliphatic heterocycles. The Kier molecular flexibility index (Phi) is 10.4. The van der Waals surface area contributed by atoms with E-state index in [-0.39, 0.29) is 11.0 Å². The number of ether oxygens (including phenoxy) is 2. The van der Waals surface area contributed by atoms with Crippen molar-refractivity contribution in [3.8, 4) is 11.5 Å². The predicted molar refractivity (Wildman–Crippen MR) is 142 cm³/mol. The lowest BCUT2D eigenvalue weighted by atomic mass is 10.1. The quantitative estimate of drug-likeness (QED) is 0.234. The maximum atomic E-state index is 12.9. The molecular formula is C28H32N2O3S. The van der Waals surface area contributed by atoms with Gasteiger partial charge in [-0.25, -0.2) is 0 Å². The van der Waals surface area contributed by atoms with E-state index in [2.05, 4.69) is 29.7 Å². The number of unbranched alkanes of at least 4 members (excludes halogenated alkanes) is 3. The number of hydrogen-bond donors (Lipinski definition) is 2. The molecule has 0 unspecified atom stereocenters. The zero-order valence-corrected chi connectivity index (χ0v) is 20.4. The second-order valence-electron chi connectivity index (χ2n) is 7.93. The second-order valence-corrected chi connectivity index (χ2v) is 8.33. The van der Waals surface area contributed by atoms with Crippen molar-refractivity contribution >= 4 is 28.9 Å². The Balaban J connectivity index is 1.51. The van der Waals surface area contributed by atoms with E-state index >= 15 is 0 Å². The first kappa shape index (κ1) is 25.2. The van der Waals surface area contributed by atoms with Gasteiger partial charge in [0.1, 0.15) is 11.5 Å². The topological polar surface area (TPSA) is 59.6 Å². The minimum Gasteiger partial charge on any atom is -0.494 e. The molecule has 2 N–H and O–H groups in total. The lowest BCUT2D eigenvalue weighted by Gasteiger charge is -2.14. The highest BCUT2D eigenvalue weighted by Gasteiger charge is 2.14. The predicted octanol–water partition coefficient (Wildman–Crippen LogP) is 6.39. The molecule has 6 heteroatoms. The summed E-state index contributed by atoms with van der Waals surface area (Å²) in [6.45, 7) is 3.35. The number of para-hydroxylation sites is 1. The van der Waals surface area contributed by atoms with Crippen LogP contribution in [0.25, 0.3) is 0 Å². The first-order valence-electron chi connectivity index (χ1n) is 11.8. The fraction of sp³-hybridized carbons (Fsp3) is 0.286. The molecule has 0 heterocycles. The van der Waals surface area contributed by atoms with Crippen LogP contribution in [0.2, 0.25) is 0 Å². The maximum absolute atomic E-state index is 12.9. The van der Waals surface area contributed by atoms with Crippen LogP contribution in [-0.2, 0) is 6.42 Å². The zero-order valence-electron chi connectivity index (χ0n) is 19.6. The monoisotopic (exact) mass is 476 g/mol. The number of carbonyl (C=O) groups is 1. The Morgan fingerprint density at radius 1 is 0.853 bits per heavy atom. The van der Waals surface area contributed by atoms with Crippen LogP contribution in [0, 0.1) is 0 Å². The summed E-state index contributed by atoms with van der Waals surface area (Å²) in [6.07, 6.45) is 5.38. The lowest BCUT2D eigenvalue weighted by Crippen LogP contribution is -2.34. The summed E-state index contributed by atoms with van der Waals surface area (Å²) in [5.74, 6) is 0.973. The fourth-order valence-corrected chi connectivity index (χ4v) is 3.63. The van der Waals surface area contributed by atoms with Gasteiger partial charge in [-0.15, -0.1) is 0 Å². The van der Waals surface area contributed by atoms with E-state index in [1.165, 1.54) is 24.8 Å². The minimum absolute atomic E-state index is 0.212. The molecule has 5 nitrogen and oxygen atoms in total. The first-order chi connectivity index (χ1) is 16.7. The second kappa shape index (κ2) is 14.0. The molecule has 0 saturated carbocycles. The van der Waals surface area contributed by atoms with Crippen LogP contribution in [0.15, 0.2) is 78.9 Å². The zero-order chi connectivity index (χ0) is 24.0. The number of carbonyl (C=O) groups excluding carboxylic acids is 1. The molecule has 34 heavy (non-hydrogen) atoms. The molecule has 0 fully saturated rings. The molecular weight excluding hydrogens is 444 g/mol. The summed E-state index contributed by atoms with van der Waals surface area (Å²) >= 11 is 5.36. The molecule has 3 aromatic rings. The van der Waals surface area contributed by atoms with Gasteiger partial charge in [0.15, 0.2) is 5.11 Å². The Morgan fingerprint density at radius 2 is 1.65 bits per heavy atom. The van der Waals surface area contributed by atoms with Crippen molar-refractivity contribution in [3.05, 3.63) is 90.0 Å². The molecule has 0 atom stereocenters. The smallest absolute Gasteiger partial charge is 0.261 e. The average molecular weight is 477 g/mol. The van der Waals surface area contributed by atoms with Crippen LogP contribution in [0.3, 0.4) is 0 Å². The van der Waals surface area contributed by atoms with Gasteiger partial charge in [0, 0.05) is 18.2 Å². The maximum Gasteiger partial charge on any atom is 0.261 e. The molecule has 1 amide bonds. The van der Waals surface area contributed by atoms with Crippen LogP contribution >= 0.6 is 12.2 Å². The number of benzene rings is 3. The van der Waals surface area contributed by atoms with Crippen LogP contribution in [0.4, 0.5) is 5.69 Å². The van der Waals surface area contributed by atoms with Crippen molar-refractivity contribution in [2.45, 2.75) is 39.0 Å². The molecule has 0 aromatic heterocycles. The number of amides is 1. The van der Waals surface area contributed by atoms with Crippen LogP contribution in [-0.4, -0.2) is 24.2 Å². The number of rotatable bonds is 12. The van der Waals surface area contributed by atoms with Gasteiger partial charge in [-0.2, -0.15) is 0 Å². The van der Waals surface area contributed by atoms with Gasteiger partial charge < -0.3 is 14.8 Å². The van der Waals surface area contributed by atoms with E-state index in [4.69, 9.17) is 21.7 Å². The van der Waals surface area contributed by atoms with Crippen molar-refractivity contribution < 1.29 is 14.3 Å². The van der Waals surface area contributed by atoms with Gasteiger partial charge in [-0.3, -0.25) is 10.1 Å². The van der Waals surface area contributed by atoms with E-state index in [0.29, 0.717) is 24.5 Å². The molecule has 0 radical (unpaired) electrons.